The number of esters is 1. The van der Waals surface area contributed by atoms with E-state index in [9.17, 15) is 9.59 Å². The Labute approximate surface area is 188 Å². The molecule has 0 aliphatic heterocycles. The fourth-order valence-electron chi connectivity index (χ4n) is 4.64. The van der Waals surface area contributed by atoms with E-state index >= 15 is 0 Å². The van der Waals surface area contributed by atoms with E-state index in [2.05, 4.69) is 18.3 Å². The van der Waals surface area contributed by atoms with E-state index in [4.69, 9.17) is 15.5 Å². The van der Waals surface area contributed by atoms with Crippen LogP contribution in [-0.2, 0) is 30.4 Å². The fourth-order valence-corrected chi connectivity index (χ4v) is 7.03. The van der Waals surface area contributed by atoms with Crippen molar-refractivity contribution < 1.29 is 14.3 Å². The van der Waals surface area contributed by atoms with Crippen molar-refractivity contribution in [1.29, 1.82) is 0 Å². The number of nitrogens with two attached hydrogens (primary N) is 1. The molecular weight excluding hydrogens is 430 g/mol. The lowest BCUT2D eigenvalue weighted by atomic mass is 9.88. The number of carbonyl (C=O) groups excluding carboxylic acids is 2. The van der Waals surface area contributed by atoms with Crippen LogP contribution in [0.5, 0.6) is 0 Å². The number of pyridine rings is 1. The van der Waals surface area contributed by atoms with Crippen LogP contribution in [0.1, 0.15) is 67.9 Å². The molecule has 3 aromatic rings. The molecule has 0 aromatic carbocycles. The molecule has 3 aromatic heterocycles. The van der Waals surface area contributed by atoms with Gasteiger partial charge in [0, 0.05) is 16.0 Å². The number of nitrogen functional groups attached to an aromatic ring is 1. The van der Waals surface area contributed by atoms with Crippen molar-refractivity contribution in [2.75, 3.05) is 18.2 Å². The van der Waals surface area contributed by atoms with Gasteiger partial charge in [0.15, 0.2) is 0 Å². The third-order valence-electron chi connectivity index (χ3n) is 6.33. The number of aryl methyl sites for hydroxylation is 2. The highest BCUT2D eigenvalue weighted by Gasteiger charge is 2.30. The minimum Gasteiger partial charge on any atom is -0.465 e. The summed E-state index contributed by atoms with van der Waals surface area (Å²) in [6.45, 7) is 2.21. The first-order valence-corrected chi connectivity index (χ1v) is 12.3. The van der Waals surface area contributed by atoms with Gasteiger partial charge < -0.3 is 15.8 Å². The van der Waals surface area contributed by atoms with Crippen molar-refractivity contribution in [2.45, 2.75) is 51.9 Å². The molecule has 0 fully saturated rings. The zero-order valence-electron chi connectivity index (χ0n) is 17.7. The lowest BCUT2D eigenvalue weighted by molar-refractivity contribution is 0.0601. The van der Waals surface area contributed by atoms with Crippen LogP contribution in [0.4, 0.5) is 10.7 Å². The van der Waals surface area contributed by atoms with Crippen molar-refractivity contribution in [1.82, 2.24) is 4.98 Å². The number of nitrogens with zero attached hydrogens (tertiary/aromatic N) is 1. The second-order valence-corrected chi connectivity index (χ2v) is 10.6. The number of aromatic nitrogens is 1. The van der Waals surface area contributed by atoms with Crippen molar-refractivity contribution in [3.63, 3.8) is 0 Å². The van der Waals surface area contributed by atoms with Gasteiger partial charge in [0.25, 0.3) is 5.91 Å². The molecule has 6 nitrogen and oxygen atoms in total. The van der Waals surface area contributed by atoms with Gasteiger partial charge in [0.2, 0.25) is 0 Å². The van der Waals surface area contributed by atoms with Gasteiger partial charge in [-0.2, -0.15) is 0 Å². The quantitative estimate of drug-likeness (QED) is 0.543. The van der Waals surface area contributed by atoms with Gasteiger partial charge in [-0.15, -0.1) is 22.7 Å². The maximum absolute atomic E-state index is 13.2. The van der Waals surface area contributed by atoms with Crippen LogP contribution in [0, 0.1) is 5.92 Å². The van der Waals surface area contributed by atoms with Gasteiger partial charge in [-0.3, -0.25) is 4.79 Å². The molecule has 1 amide bonds. The van der Waals surface area contributed by atoms with Gasteiger partial charge in [0.05, 0.1) is 18.4 Å². The highest BCUT2D eigenvalue weighted by Crippen LogP contribution is 2.41. The summed E-state index contributed by atoms with van der Waals surface area (Å²) in [6, 6.07) is 2.10. The lowest BCUT2D eigenvalue weighted by Gasteiger charge is -2.18. The zero-order chi connectivity index (χ0) is 21.7. The highest BCUT2D eigenvalue weighted by atomic mass is 32.1. The summed E-state index contributed by atoms with van der Waals surface area (Å²) in [6.07, 6.45) is 7.07. The summed E-state index contributed by atoms with van der Waals surface area (Å²) >= 11 is 2.80. The molecule has 0 radical (unpaired) electrons. The topological polar surface area (TPSA) is 94.3 Å². The third kappa shape index (κ3) is 3.51. The Morgan fingerprint density at radius 1 is 1.23 bits per heavy atom. The molecule has 162 valence electrons. The van der Waals surface area contributed by atoms with Crippen LogP contribution in [0.15, 0.2) is 6.07 Å². The zero-order valence-corrected chi connectivity index (χ0v) is 19.3. The molecule has 1 unspecified atom stereocenters. The SMILES string of the molecule is COC(=O)c1c(NC(=O)c2sc3nc4c(cc3c2N)CCCC4)sc2c1CCC(C)C2. The minimum absolute atomic E-state index is 0.296. The van der Waals surface area contributed by atoms with Crippen molar-refractivity contribution in [3.05, 3.63) is 38.2 Å². The van der Waals surface area contributed by atoms with Gasteiger partial charge in [-0.1, -0.05) is 6.92 Å². The number of thiophene rings is 2. The standard InChI is InChI=1S/C23H25N3O3S2/c1-11-7-8-13-16(9-11)30-22(17(13)23(28)29-2)26-20(27)19-18(24)14-10-12-5-3-4-6-15(12)25-21(14)31-19/h10-11H,3-9,24H2,1-2H3,(H,26,27). The second-order valence-electron chi connectivity index (χ2n) is 8.50. The first-order chi connectivity index (χ1) is 15.0. The molecular formula is C23H25N3O3S2. The minimum atomic E-state index is -0.402. The average molecular weight is 456 g/mol. The van der Waals surface area contributed by atoms with E-state index in [0.717, 1.165) is 71.3 Å². The van der Waals surface area contributed by atoms with E-state index in [1.807, 2.05) is 0 Å². The van der Waals surface area contributed by atoms with E-state index in [1.54, 1.807) is 0 Å². The normalized spacial score (nSPS) is 17.8. The lowest BCUT2D eigenvalue weighted by Crippen LogP contribution is -2.16. The van der Waals surface area contributed by atoms with Crippen LogP contribution in [0.2, 0.25) is 0 Å². The van der Waals surface area contributed by atoms with Crippen molar-refractivity contribution in [3.8, 4) is 0 Å². The molecule has 2 aliphatic carbocycles. The summed E-state index contributed by atoms with van der Waals surface area (Å²) < 4.78 is 5.03. The number of amides is 1. The molecule has 31 heavy (non-hydrogen) atoms. The molecule has 3 N–H and O–H groups in total. The number of nitrogens with one attached hydrogen (secondary N) is 1. The molecule has 0 saturated carbocycles. The van der Waals surface area contributed by atoms with E-state index in [0.29, 0.717) is 27.0 Å². The maximum Gasteiger partial charge on any atom is 0.341 e. The molecule has 3 heterocycles. The number of hydrogen-bond donors (Lipinski definition) is 2. The molecule has 0 bridgehead atoms. The van der Waals surface area contributed by atoms with Crippen LogP contribution in [0.3, 0.4) is 0 Å². The van der Waals surface area contributed by atoms with Crippen molar-refractivity contribution in [2.24, 2.45) is 5.92 Å². The molecule has 5 rings (SSSR count). The largest absolute Gasteiger partial charge is 0.465 e. The molecule has 0 saturated heterocycles. The summed E-state index contributed by atoms with van der Waals surface area (Å²) in [5.74, 6) is -0.133. The monoisotopic (exact) mass is 455 g/mol. The second kappa shape index (κ2) is 7.91. The number of rotatable bonds is 3. The van der Waals surface area contributed by atoms with Gasteiger partial charge in [-0.25, -0.2) is 9.78 Å². The molecule has 8 heteroatoms. The summed E-state index contributed by atoms with van der Waals surface area (Å²) in [5, 5.41) is 4.37. The number of carbonyl (C=O) groups is 2. The first-order valence-electron chi connectivity index (χ1n) is 10.7. The summed E-state index contributed by atoms with van der Waals surface area (Å²) in [5.41, 5.74) is 10.7. The molecule has 0 spiro atoms. The maximum atomic E-state index is 13.2. The molecule has 2 aliphatic rings. The van der Waals surface area contributed by atoms with E-state index in [1.165, 1.54) is 35.3 Å². The van der Waals surface area contributed by atoms with Crippen LogP contribution in [-0.4, -0.2) is 24.0 Å². The number of fused-ring (bicyclic) bond motifs is 3. The third-order valence-corrected chi connectivity index (χ3v) is 8.62. The van der Waals surface area contributed by atoms with Crippen molar-refractivity contribution >= 4 is 55.5 Å². The van der Waals surface area contributed by atoms with Crippen LogP contribution in [0.25, 0.3) is 10.2 Å². The van der Waals surface area contributed by atoms with Gasteiger partial charge in [-0.05, 0) is 68.1 Å². The van der Waals surface area contributed by atoms with Crippen LogP contribution < -0.4 is 11.1 Å². The predicted molar refractivity (Wildman–Crippen MR) is 125 cm³/mol. The highest BCUT2D eigenvalue weighted by molar-refractivity contribution is 7.21. The Hall–Kier alpha value is -2.45. The van der Waals surface area contributed by atoms with Crippen LogP contribution >= 0.6 is 22.7 Å². The summed E-state index contributed by atoms with van der Waals surface area (Å²) in [4.78, 5) is 32.9. The van der Waals surface area contributed by atoms with Gasteiger partial charge >= 0.3 is 5.97 Å². The number of ether oxygens (including phenoxy) is 1. The first kappa shape index (κ1) is 20.5. The van der Waals surface area contributed by atoms with Gasteiger partial charge in [0.1, 0.15) is 14.7 Å². The average Bonchev–Trinajstić information content (AvgIpc) is 3.28. The smallest absolute Gasteiger partial charge is 0.341 e. The Morgan fingerprint density at radius 3 is 2.84 bits per heavy atom. The molecule has 1 atom stereocenters. The Bertz CT molecular complexity index is 1210. The number of hydrogen-bond acceptors (Lipinski definition) is 7. The predicted octanol–water partition coefficient (Wildman–Crippen LogP) is 4.98. The Balaban J connectivity index is 1.51. The summed E-state index contributed by atoms with van der Waals surface area (Å²) in [7, 11) is 1.38. The van der Waals surface area contributed by atoms with E-state index < -0.39 is 5.97 Å². The Kier molecular flexibility index (Phi) is 5.22. The van der Waals surface area contributed by atoms with E-state index in [-0.39, 0.29) is 5.91 Å². The fraction of sp³-hybridized carbons (Fsp3) is 0.435. The Morgan fingerprint density at radius 2 is 2.03 bits per heavy atom. The number of methoxy groups -OCH3 is 1. The number of anilines is 2.